The van der Waals surface area contributed by atoms with Gasteiger partial charge in [-0.15, -0.1) is 0 Å². The van der Waals surface area contributed by atoms with Crippen molar-refractivity contribution in [1.82, 2.24) is 10.2 Å². The maximum atomic E-state index is 12.7. The monoisotopic (exact) mass is 309 g/mol. The molecule has 0 spiro atoms. The zero-order valence-electron chi connectivity index (χ0n) is 14.2. The molecule has 0 saturated carbocycles. The Bertz CT molecular complexity index is 451. The van der Waals surface area contributed by atoms with Gasteiger partial charge in [0.15, 0.2) is 0 Å². The van der Waals surface area contributed by atoms with Gasteiger partial charge in [0.25, 0.3) is 0 Å². The first-order chi connectivity index (χ1) is 10.2. The van der Waals surface area contributed by atoms with Crippen LogP contribution in [0.2, 0.25) is 0 Å². The van der Waals surface area contributed by atoms with Gasteiger partial charge in [-0.1, -0.05) is 20.3 Å². The molecule has 1 fully saturated rings. The molecule has 22 heavy (non-hydrogen) atoms. The van der Waals surface area contributed by atoms with E-state index in [1.165, 1.54) is 0 Å². The van der Waals surface area contributed by atoms with Crippen LogP contribution < -0.4 is 5.32 Å². The van der Waals surface area contributed by atoms with Crippen LogP contribution in [0.15, 0.2) is 0 Å². The summed E-state index contributed by atoms with van der Waals surface area (Å²) in [6, 6.07) is 1.11. The number of carbonyl (C=O) groups is 2. The first-order valence-electron chi connectivity index (χ1n) is 7.89. The summed E-state index contributed by atoms with van der Waals surface area (Å²) in [6.45, 7) is 9.78. The van der Waals surface area contributed by atoms with Gasteiger partial charge >= 0.3 is 6.09 Å². The summed E-state index contributed by atoms with van der Waals surface area (Å²) in [5.41, 5.74) is -0.615. The second-order valence-corrected chi connectivity index (χ2v) is 6.83. The molecule has 1 rings (SSSR count). The lowest BCUT2D eigenvalue weighted by Crippen LogP contribution is -2.53. The molecule has 0 radical (unpaired) electrons. The highest BCUT2D eigenvalue weighted by atomic mass is 16.6. The molecule has 0 aromatic heterocycles. The van der Waals surface area contributed by atoms with Crippen molar-refractivity contribution in [2.75, 3.05) is 6.54 Å². The second kappa shape index (κ2) is 7.48. The van der Waals surface area contributed by atoms with Crippen LogP contribution >= 0.6 is 0 Å². The second-order valence-electron chi connectivity index (χ2n) is 6.83. The molecule has 1 saturated heterocycles. The lowest BCUT2D eigenvalue weighted by Gasteiger charge is -2.30. The van der Waals surface area contributed by atoms with Gasteiger partial charge in [-0.2, -0.15) is 5.26 Å². The molecule has 0 aliphatic carbocycles. The van der Waals surface area contributed by atoms with Crippen LogP contribution in [0, 0.1) is 17.2 Å². The van der Waals surface area contributed by atoms with Gasteiger partial charge in [-0.25, -0.2) is 4.79 Å². The average molecular weight is 309 g/mol. The summed E-state index contributed by atoms with van der Waals surface area (Å²) in [5.74, 6) is -0.218. The molecule has 124 valence electrons. The van der Waals surface area contributed by atoms with Crippen LogP contribution in [0.4, 0.5) is 4.79 Å². The van der Waals surface area contributed by atoms with E-state index < -0.39 is 17.7 Å². The number of ether oxygens (including phenoxy) is 1. The molecule has 0 unspecified atom stereocenters. The van der Waals surface area contributed by atoms with Gasteiger partial charge in [-0.3, -0.25) is 4.79 Å². The van der Waals surface area contributed by atoms with Crippen molar-refractivity contribution in [2.24, 2.45) is 5.92 Å². The Morgan fingerprint density at radius 3 is 2.59 bits per heavy atom. The number of nitriles is 1. The SMILES string of the molecule is CC[C@H](C)[C@H](NC(=O)OC(C)(C)C)C(=O)N1CCC[C@H]1C#N. The number of hydrogen-bond acceptors (Lipinski definition) is 4. The third kappa shape index (κ3) is 4.90. The largest absolute Gasteiger partial charge is 0.444 e. The Morgan fingerprint density at radius 2 is 2.09 bits per heavy atom. The van der Waals surface area contributed by atoms with Gasteiger partial charge in [-0.05, 0) is 39.5 Å². The average Bonchev–Trinajstić information content (AvgIpc) is 2.89. The van der Waals surface area contributed by atoms with E-state index in [1.54, 1.807) is 25.7 Å². The molecule has 0 aromatic carbocycles. The van der Waals surface area contributed by atoms with E-state index in [4.69, 9.17) is 10.00 Å². The van der Waals surface area contributed by atoms with E-state index in [9.17, 15) is 9.59 Å². The predicted octanol–water partition coefficient (Wildman–Crippen LogP) is 2.44. The smallest absolute Gasteiger partial charge is 0.408 e. The van der Waals surface area contributed by atoms with E-state index in [0.29, 0.717) is 13.0 Å². The van der Waals surface area contributed by atoms with Gasteiger partial charge in [0, 0.05) is 6.54 Å². The van der Waals surface area contributed by atoms with Crippen molar-refractivity contribution in [3.8, 4) is 6.07 Å². The van der Waals surface area contributed by atoms with Crippen LogP contribution in [0.1, 0.15) is 53.9 Å². The van der Waals surface area contributed by atoms with E-state index >= 15 is 0 Å². The lowest BCUT2D eigenvalue weighted by atomic mass is 9.97. The van der Waals surface area contributed by atoms with Crippen LogP contribution in [0.3, 0.4) is 0 Å². The van der Waals surface area contributed by atoms with Gasteiger partial charge in [0.1, 0.15) is 17.7 Å². The minimum absolute atomic E-state index is 0.0278. The van der Waals surface area contributed by atoms with Crippen molar-refractivity contribution < 1.29 is 14.3 Å². The quantitative estimate of drug-likeness (QED) is 0.864. The van der Waals surface area contributed by atoms with E-state index in [-0.39, 0.29) is 17.9 Å². The van der Waals surface area contributed by atoms with Crippen molar-refractivity contribution in [3.63, 3.8) is 0 Å². The number of nitrogens with zero attached hydrogens (tertiary/aromatic N) is 2. The van der Waals surface area contributed by atoms with Crippen molar-refractivity contribution in [3.05, 3.63) is 0 Å². The number of amides is 2. The standard InChI is InChI=1S/C16H27N3O3/c1-6-11(2)13(18-15(21)22-16(3,4)5)14(20)19-9-7-8-12(19)10-17/h11-13H,6-9H2,1-5H3,(H,18,21)/t11-,12-,13-/m0/s1. The minimum Gasteiger partial charge on any atom is -0.444 e. The summed E-state index contributed by atoms with van der Waals surface area (Å²) < 4.78 is 5.24. The molecule has 1 heterocycles. The molecule has 2 amide bonds. The summed E-state index contributed by atoms with van der Waals surface area (Å²) in [6.07, 6.45) is 1.67. The maximum absolute atomic E-state index is 12.7. The number of nitrogens with one attached hydrogen (secondary N) is 1. The highest BCUT2D eigenvalue weighted by Crippen LogP contribution is 2.21. The zero-order chi connectivity index (χ0) is 16.9. The third-order valence-corrected chi connectivity index (χ3v) is 3.84. The fraction of sp³-hybridized carbons (Fsp3) is 0.812. The van der Waals surface area contributed by atoms with Crippen molar-refractivity contribution in [1.29, 1.82) is 5.26 Å². The molecule has 1 aliphatic rings. The Morgan fingerprint density at radius 1 is 1.45 bits per heavy atom. The van der Waals surface area contributed by atoms with E-state index in [1.807, 2.05) is 13.8 Å². The molecule has 0 bridgehead atoms. The molecule has 0 aromatic rings. The summed E-state index contributed by atoms with van der Waals surface area (Å²) in [7, 11) is 0. The summed E-state index contributed by atoms with van der Waals surface area (Å²) in [4.78, 5) is 26.3. The first kappa shape index (κ1) is 18.3. The Hall–Kier alpha value is -1.77. The summed E-state index contributed by atoms with van der Waals surface area (Å²) >= 11 is 0. The fourth-order valence-corrected chi connectivity index (χ4v) is 2.46. The van der Waals surface area contributed by atoms with Gasteiger partial charge in [0.2, 0.25) is 5.91 Å². The molecule has 1 N–H and O–H groups in total. The number of rotatable bonds is 4. The molecular formula is C16H27N3O3. The highest BCUT2D eigenvalue weighted by molar-refractivity contribution is 5.86. The zero-order valence-corrected chi connectivity index (χ0v) is 14.2. The first-order valence-corrected chi connectivity index (χ1v) is 7.89. The summed E-state index contributed by atoms with van der Waals surface area (Å²) in [5, 5.41) is 11.8. The normalized spacial score (nSPS) is 20.9. The van der Waals surface area contributed by atoms with E-state index in [0.717, 1.165) is 12.8 Å². The van der Waals surface area contributed by atoms with Gasteiger partial charge < -0.3 is 15.0 Å². The number of likely N-dealkylation sites (tertiary alicyclic amines) is 1. The topological polar surface area (TPSA) is 82.4 Å². The Balaban J connectivity index is 2.82. The van der Waals surface area contributed by atoms with Crippen LogP contribution in [0.25, 0.3) is 0 Å². The molecule has 6 nitrogen and oxygen atoms in total. The number of carbonyl (C=O) groups excluding carboxylic acids is 2. The van der Waals surface area contributed by atoms with Crippen molar-refractivity contribution >= 4 is 12.0 Å². The minimum atomic E-state index is -0.659. The van der Waals surface area contributed by atoms with Gasteiger partial charge in [0.05, 0.1) is 6.07 Å². The Labute approximate surface area is 132 Å². The lowest BCUT2D eigenvalue weighted by molar-refractivity contribution is -0.134. The highest BCUT2D eigenvalue weighted by Gasteiger charge is 2.36. The third-order valence-electron chi connectivity index (χ3n) is 3.84. The number of alkyl carbamates (subject to hydrolysis) is 1. The fourth-order valence-electron chi connectivity index (χ4n) is 2.46. The van der Waals surface area contributed by atoms with E-state index in [2.05, 4.69) is 11.4 Å². The molecule has 3 atom stereocenters. The van der Waals surface area contributed by atoms with Crippen LogP contribution in [-0.4, -0.2) is 41.1 Å². The Kier molecular flexibility index (Phi) is 6.21. The molecular weight excluding hydrogens is 282 g/mol. The predicted molar refractivity (Wildman–Crippen MR) is 83.0 cm³/mol. The maximum Gasteiger partial charge on any atom is 0.408 e. The van der Waals surface area contributed by atoms with Crippen LogP contribution in [-0.2, 0) is 9.53 Å². The number of hydrogen-bond donors (Lipinski definition) is 1. The molecule has 6 heteroatoms. The molecule has 1 aliphatic heterocycles. The van der Waals surface area contributed by atoms with Crippen molar-refractivity contribution in [2.45, 2.75) is 71.6 Å². The van der Waals surface area contributed by atoms with Crippen LogP contribution in [0.5, 0.6) is 0 Å².